The first-order valence-electron chi connectivity index (χ1n) is 11.3. The molecule has 0 saturated carbocycles. The number of phenols is 2. The zero-order chi connectivity index (χ0) is 28.2. The van der Waals surface area contributed by atoms with Crippen LogP contribution in [0.1, 0.15) is 11.1 Å². The van der Waals surface area contributed by atoms with Crippen LogP contribution >= 0.6 is 21.6 Å². The second kappa shape index (κ2) is 15.1. The molecule has 0 fully saturated rings. The molecule has 2 aromatic carbocycles. The maximum absolute atomic E-state index is 12.4. The van der Waals surface area contributed by atoms with E-state index >= 15 is 0 Å². The highest BCUT2D eigenvalue weighted by atomic mass is 33.1. The molecule has 2 amide bonds. The molecule has 0 aliphatic rings. The summed E-state index contributed by atoms with van der Waals surface area (Å²) in [5, 5.41) is 42.3. The molecule has 0 unspecified atom stereocenters. The second-order valence-electron chi connectivity index (χ2n) is 8.32. The van der Waals surface area contributed by atoms with E-state index in [0.717, 1.165) is 21.6 Å². The van der Waals surface area contributed by atoms with Crippen molar-refractivity contribution in [2.24, 2.45) is 11.5 Å². The molecule has 2 aromatic rings. The van der Waals surface area contributed by atoms with Gasteiger partial charge in [0.2, 0.25) is 11.8 Å². The van der Waals surface area contributed by atoms with Crippen molar-refractivity contribution in [3.8, 4) is 11.5 Å². The van der Waals surface area contributed by atoms with Gasteiger partial charge in [-0.1, -0.05) is 45.9 Å². The summed E-state index contributed by atoms with van der Waals surface area (Å²) in [6.45, 7) is 0. The molecule has 0 aliphatic carbocycles. The number of hydrogen-bond donors (Lipinski definition) is 8. The van der Waals surface area contributed by atoms with E-state index < -0.39 is 47.9 Å². The van der Waals surface area contributed by atoms with Gasteiger partial charge in [-0.05, 0) is 35.4 Å². The van der Waals surface area contributed by atoms with Crippen LogP contribution in [0.2, 0.25) is 0 Å². The van der Waals surface area contributed by atoms with Crippen LogP contribution in [0.25, 0.3) is 0 Å². The highest BCUT2D eigenvalue weighted by Gasteiger charge is 2.25. The normalized spacial score (nSPS) is 14.1. The molecule has 12 nitrogen and oxygen atoms in total. The van der Waals surface area contributed by atoms with Gasteiger partial charge in [-0.15, -0.1) is 0 Å². The SMILES string of the molecule is N[C@@H](CSSC[C@H](N)C(=O)N[C@@H](Cc1ccc(O)cc1)C(=O)O)C(=O)N[C@@H](Cc1ccc(O)cc1)C(=O)O. The van der Waals surface area contributed by atoms with Gasteiger partial charge in [0.25, 0.3) is 0 Å². The number of benzene rings is 2. The summed E-state index contributed by atoms with van der Waals surface area (Å²) in [6.07, 6.45) is 0.00796. The summed E-state index contributed by atoms with van der Waals surface area (Å²) in [4.78, 5) is 47.8. The fraction of sp³-hybridized carbons (Fsp3) is 0.333. The monoisotopic (exact) mass is 566 g/mol. The average molecular weight is 567 g/mol. The first kappa shape index (κ1) is 30.8. The number of carbonyl (C=O) groups is 4. The van der Waals surface area contributed by atoms with E-state index in [4.69, 9.17) is 11.5 Å². The van der Waals surface area contributed by atoms with Crippen LogP contribution in [-0.4, -0.2) is 79.9 Å². The number of nitrogens with two attached hydrogens (primary N) is 2. The van der Waals surface area contributed by atoms with Crippen molar-refractivity contribution < 1.29 is 39.6 Å². The van der Waals surface area contributed by atoms with E-state index in [2.05, 4.69) is 10.6 Å². The van der Waals surface area contributed by atoms with Crippen molar-refractivity contribution in [1.82, 2.24) is 10.6 Å². The van der Waals surface area contributed by atoms with Gasteiger partial charge in [0.05, 0.1) is 12.1 Å². The molecular weight excluding hydrogens is 536 g/mol. The van der Waals surface area contributed by atoms with Gasteiger partial charge in [0.15, 0.2) is 0 Å². The van der Waals surface area contributed by atoms with Crippen LogP contribution in [0, 0.1) is 0 Å². The van der Waals surface area contributed by atoms with Crippen molar-refractivity contribution >= 4 is 45.3 Å². The largest absolute Gasteiger partial charge is 0.508 e. The number of nitrogens with one attached hydrogen (secondary N) is 2. The summed E-state index contributed by atoms with van der Waals surface area (Å²) in [6, 6.07) is 7.39. The molecule has 4 atom stereocenters. The molecule has 0 saturated heterocycles. The van der Waals surface area contributed by atoms with Crippen LogP contribution in [0.4, 0.5) is 0 Å². The molecular formula is C24H30N4O8S2. The van der Waals surface area contributed by atoms with Gasteiger partial charge in [0, 0.05) is 24.3 Å². The Morgan fingerprint density at radius 1 is 0.658 bits per heavy atom. The number of carboxylic acid groups (broad SMARTS) is 2. The summed E-state index contributed by atoms with van der Waals surface area (Å²) in [5.41, 5.74) is 13.0. The first-order chi connectivity index (χ1) is 18.0. The van der Waals surface area contributed by atoms with E-state index in [0.29, 0.717) is 11.1 Å². The third-order valence-corrected chi connectivity index (χ3v) is 7.71. The topological polar surface area (TPSA) is 225 Å². The summed E-state index contributed by atoms with van der Waals surface area (Å²) in [5.74, 6) is -3.51. The number of aliphatic carboxylic acids is 2. The predicted octanol–water partition coefficient (Wildman–Crippen LogP) is 0.0578. The molecule has 38 heavy (non-hydrogen) atoms. The molecule has 0 aliphatic heterocycles. The molecule has 0 bridgehead atoms. The fourth-order valence-corrected chi connectivity index (χ4v) is 5.33. The highest BCUT2D eigenvalue weighted by Crippen LogP contribution is 2.22. The second-order valence-corrected chi connectivity index (χ2v) is 10.9. The number of carboxylic acids is 2. The number of amides is 2. The Morgan fingerprint density at radius 3 is 1.26 bits per heavy atom. The number of rotatable bonds is 15. The van der Waals surface area contributed by atoms with Crippen LogP contribution < -0.4 is 22.1 Å². The Hall–Kier alpha value is -3.46. The van der Waals surface area contributed by atoms with Crippen LogP contribution in [0.3, 0.4) is 0 Å². The smallest absolute Gasteiger partial charge is 0.326 e. The Morgan fingerprint density at radius 2 is 0.974 bits per heavy atom. The van der Waals surface area contributed by atoms with Crippen molar-refractivity contribution in [3.05, 3.63) is 59.7 Å². The van der Waals surface area contributed by atoms with Gasteiger partial charge < -0.3 is 42.5 Å². The van der Waals surface area contributed by atoms with E-state index in [1.165, 1.54) is 24.3 Å². The quantitative estimate of drug-likeness (QED) is 0.106. The van der Waals surface area contributed by atoms with E-state index in [1.807, 2.05) is 0 Å². The van der Waals surface area contributed by atoms with Gasteiger partial charge >= 0.3 is 11.9 Å². The lowest BCUT2D eigenvalue weighted by atomic mass is 10.1. The van der Waals surface area contributed by atoms with Gasteiger partial charge in [-0.2, -0.15) is 0 Å². The summed E-state index contributed by atoms with van der Waals surface area (Å²) >= 11 is 0. The molecule has 2 rings (SSSR count). The average Bonchev–Trinajstić information content (AvgIpc) is 2.87. The third kappa shape index (κ3) is 10.5. The Balaban J connectivity index is 1.76. The molecule has 0 heterocycles. The minimum atomic E-state index is -1.23. The predicted molar refractivity (Wildman–Crippen MR) is 144 cm³/mol. The minimum Gasteiger partial charge on any atom is -0.508 e. The van der Waals surface area contributed by atoms with E-state index in [-0.39, 0.29) is 35.8 Å². The maximum atomic E-state index is 12.4. The van der Waals surface area contributed by atoms with Crippen molar-refractivity contribution in [2.45, 2.75) is 37.0 Å². The standard InChI is InChI=1S/C24H30N4O8S2/c25-17(21(31)27-19(23(33)34)9-13-1-5-15(29)6-2-13)11-37-38-12-18(26)22(32)28-20(24(35)36)10-14-3-7-16(30)8-4-14/h1-8,17-20,29-30H,9-12,25-26H2,(H,27,31)(H,28,32)(H,33,34)(H,35,36)/t17-,18-,19-,20-/m0/s1. The van der Waals surface area contributed by atoms with E-state index in [9.17, 15) is 39.6 Å². The molecule has 10 N–H and O–H groups in total. The lowest BCUT2D eigenvalue weighted by Crippen LogP contribution is -2.50. The number of phenolic OH excluding ortho intramolecular Hbond substituents is 2. The van der Waals surface area contributed by atoms with Crippen molar-refractivity contribution in [2.75, 3.05) is 11.5 Å². The summed E-state index contributed by atoms with van der Waals surface area (Å²) < 4.78 is 0. The minimum absolute atomic E-state index is 0.00398. The van der Waals surface area contributed by atoms with Gasteiger partial charge in [-0.25, -0.2) is 9.59 Å². The third-order valence-electron chi connectivity index (χ3n) is 5.23. The van der Waals surface area contributed by atoms with Crippen LogP contribution in [0.5, 0.6) is 11.5 Å². The highest BCUT2D eigenvalue weighted by molar-refractivity contribution is 8.76. The lowest BCUT2D eigenvalue weighted by molar-refractivity contribution is -0.142. The maximum Gasteiger partial charge on any atom is 0.326 e. The van der Waals surface area contributed by atoms with Gasteiger partial charge in [-0.3, -0.25) is 9.59 Å². The zero-order valence-electron chi connectivity index (χ0n) is 20.1. The summed E-state index contributed by atoms with van der Waals surface area (Å²) in [7, 11) is 2.32. The molecule has 0 aromatic heterocycles. The number of hydrogen-bond acceptors (Lipinski definition) is 10. The van der Waals surface area contributed by atoms with Crippen LogP contribution in [-0.2, 0) is 32.0 Å². The first-order valence-corrected chi connectivity index (χ1v) is 13.8. The van der Waals surface area contributed by atoms with E-state index in [1.54, 1.807) is 24.3 Å². The Bertz CT molecular complexity index is 1010. The van der Waals surface area contributed by atoms with Gasteiger partial charge in [0.1, 0.15) is 23.6 Å². The number of carbonyl (C=O) groups excluding carboxylic acids is 2. The molecule has 0 spiro atoms. The van der Waals surface area contributed by atoms with Crippen LogP contribution in [0.15, 0.2) is 48.5 Å². The Kier molecular flexibility index (Phi) is 12.2. The van der Waals surface area contributed by atoms with Crippen molar-refractivity contribution in [1.29, 1.82) is 0 Å². The lowest BCUT2D eigenvalue weighted by Gasteiger charge is -2.19. The molecule has 0 radical (unpaired) electrons. The molecule has 206 valence electrons. The van der Waals surface area contributed by atoms with Crippen molar-refractivity contribution in [3.63, 3.8) is 0 Å². The number of aromatic hydroxyl groups is 2. The fourth-order valence-electron chi connectivity index (χ4n) is 3.09. The Labute approximate surface area is 226 Å². The zero-order valence-corrected chi connectivity index (χ0v) is 21.8. The molecule has 14 heteroatoms.